The largest absolute Gasteiger partial charge is 0.495 e. The summed E-state index contributed by atoms with van der Waals surface area (Å²) < 4.78 is 5.24. The Balaban J connectivity index is 1.69. The topological polar surface area (TPSA) is 58.6 Å². The molecule has 136 valence electrons. The van der Waals surface area contributed by atoms with Crippen molar-refractivity contribution in [3.05, 3.63) is 59.7 Å². The molecule has 1 atom stereocenters. The molecule has 1 aliphatic heterocycles. The van der Waals surface area contributed by atoms with Crippen molar-refractivity contribution in [1.29, 1.82) is 0 Å². The number of hydrogen-bond acceptors (Lipinski definition) is 3. The molecule has 3 rings (SSSR count). The number of amides is 2. The van der Waals surface area contributed by atoms with E-state index in [4.69, 9.17) is 4.74 Å². The van der Waals surface area contributed by atoms with E-state index in [9.17, 15) is 9.59 Å². The smallest absolute Gasteiger partial charge is 0.255 e. The van der Waals surface area contributed by atoms with Crippen molar-refractivity contribution < 1.29 is 14.3 Å². The molecule has 1 unspecified atom stereocenters. The van der Waals surface area contributed by atoms with E-state index < -0.39 is 0 Å². The van der Waals surface area contributed by atoms with Crippen LogP contribution in [0.4, 0.5) is 5.69 Å². The molecule has 5 nitrogen and oxygen atoms in total. The highest BCUT2D eigenvalue weighted by Crippen LogP contribution is 2.24. The Kier molecular flexibility index (Phi) is 5.56. The molecule has 0 bridgehead atoms. The maximum Gasteiger partial charge on any atom is 0.255 e. The van der Waals surface area contributed by atoms with Gasteiger partial charge in [-0.3, -0.25) is 9.59 Å². The highest BCUT2D eigenvalue weighted by Gasteiger charge is 2.22. The number of nitrogens with zero attached hydrogens (tertiary/aromatic N) is 1. The Morgan fingerprint density at radius 1 is 1.08 bits per heavy atom. The standard InChI is InChI=1S/C21H24N2O3/c1-15-6-5-13-23(14-15)21(25)17-11-9-16(10-12-17)20(24)22-18-7-3-4-8-19(18)26-2/h3-4,7-12,15H,5-6,13-14H2,1-2H3,(H,22,24). The summed E-state index contributed by atoms with van der Waals surface area (Å²) in [6, 6.07) is 14.1. The van der Waals surface area contributed by atoms with Crippen molar-refractivity contribution in [3.8, 4) is 5.75 Å². The minimum atomic E-state index is -0.236. The first-order valence-corrected chi connectivity index (χ1v) is 8.92. The molecule has 0 aliphatic carbocycles. The Labute approximate surface area is 154 Å². The second-order valence-corrected chi connectivity index (χ2v) is 6.73. The lowest BCUT2D eigenvalue weighted by atomic mass is 9.99. The number of rotatable bonds is 4. The third kappa shape index (κ3) is 4.04. The number of carbonyl (C=O) groups is 2. The molecule has 0 spiro atoms. The van der Waals surface area contributed by atoms with Crippen molar-refractivity contribution >= 4 is 17.5 Å². The zero-order chi connectivity index (χ0) is 18.5. The molecule has 1 N–H and O–H groups in total. The minimum Gasteiger partial charge on any atom is -0.495 e. The maximum atomic E-state index is 12.6. The summed E-state index contributed by atoms with van der Waals surface area (Å²) in [7, 11) is 1.56. The molecule has 1 heterocycles. The monoisotopic (exact) mass is 352 g/mol. The van der Waals surface area contributed by atoms with Gasteiger partial charge in [-0.1, -0.05) is 19.1 Å². The number of benzene rings is 2. The predicted molar refractivity (Wildman–Crippen MR) is 102 cm³/mol. The number of hydrogen-bond donors (Lipinski definition) is 1. The molecule has 2 amide bonds. The highest BCUT2D eigenvalue weighted by molar-refractivity contribution is 6.05. The van der Waals surface area contributed by atoms with Gasteiger partial charge in [0.25, 0.3) is 11.8 Å². The second-order valence-electron chi connectivity index (χ2n) is 6.73. The summed E-state index contributed by atoms with van der Waals surface area (Å²) >= 11 is 0. The van der Waals surface area contributed by atoms with Crippen LogP contribution in [-0.2, 0) is 0 Å². The van der Waals surface area contributed by atoms with E-state index in [1.807, 2.05) is 17.0 Å². The van der Waals surface area contributed by atoms with E-state index in [0.717, 1.165) is 19.5 Å². The summed E-state index contributed by atoms with van der Waals surface area (Å²) in [4.78, 5) is 27.0. The van der Waals surface area contributed by atoms with Gasteiger partial charge in [0.1, 0.15) is 5.75 Å². The van der Waals surface area contributed by atoms with Crippen molar-refractivity contribution in [1.82, 2.24) is 4.90 Å². The van der Waals surface area contributed by atoms with Gasteiger partial charge in [-0.15, -0.1) is 0 Å². The fourth-order valence-corrected chi connectivity index (χ4v) is 3.26. The molecule has 1 aliphatic rings. The van der Waals surface area contributed by atoms with Crippen molar-refractivity contribution in [3.63, 3.8) is 0 Å². The van der Waals surface area contributed by atoms with E-state index in [2.05, 4.69) is 12.2 Å². The molecule has 2 aromatic rings. The normalized spacial score (nSPS) is 16.8. The molecular formula is C21H24N2O3. The van der Waals surface area contributed by atoms with Crippen molar-refractivity contribution in [2.24, 2.45) is 5.92 Å². The van der Waals surface area contributed by atoms with Crippen LogP contribution in [0.2, 0.25) is 0 Å². The molecule has 0 aromatic heterocycles. The lowest BCUT2D eigenvalue weighted by Gasteiger charge is -2.31. The minimum absolute atomic E-state index is 0.0354. The van der Waals surface area contributed by atoms with Crippen molar-refractivity contribution in [2.45, 2.75) is 19.8 Å². The zero-order valence-electron chi connectivity index (χ0n) is 15.2. The lowest BCUT2D eigenvalue weighted by molar-refractivity contribution is 0.0682. The summed E-state index contributed by atoms with van der Waals surface area (Å²) in [5.41, 5.74) is 1.73. The number of methoxy groups -OCH3 is 1. The first-order valence-electron chi connectivity index (χ1n) is 8.92. The molecule has 2 aromatic carbocycles. The number of likely N-dealkylation sites (tertiary alicyclic amines) is 1. The van der Waals surface area contributed by atoms with Gasteiger partial charge in [0.05, 0.1) is 12.8 Å². The first kappa shape index (κ1) is 18.0. The van der Waals surface area contributed by atoms with Crippen LogP contribution >= 0.6 is 0 Å². The highest BCUT2D eigenvalue weighted by atomic mass is 16.5. The van der Waals surface area contributed by atoms with E-state index >= 15 is 0 Å². The van der Waals surface area contributed by atoms with Gasteiger partial charge in [0, 0.05) is 24.2 Å². The van der Waals surface area contributed by atoms with Gasteiger partial charge in [-0.25, -0.2) is 0 Å². The number of ether oxygens (including phenoxy) is 1. The maximum absolute atomic E-state index is 12.6. The Morgan fingerprint density at radius 3 is 2.46 bits per heavy atom. The van der Waals surface area contributed by atoms with Crippen LogP contribution < -0.4 is 10.1 Å². The average molecular weight is 352 g/mol. The molecule has 5 heteroatoms. The molecule has 0 radical (unpaired) electrons. The molecule has 0 saturated carbocycles. The van der Waals surface area contributed by atoms with Gasteiger partial charge in [-0.2, -0.15) is 0 Å². The van der Waals surface area contributed by atoms with E-state index in [0.29, 0.717) is 28.5 Å². The van der Waals surface area contributed by atoms with Crippen LogP contribution in [0.1, 0.15) is 40.5 Å². The molecule has 26 heavy (non-hydrogen) atoms. The van der Waals surface area contributed by atoms with E-state index in [-0.39, 0.29) is 11.8 Å². The van der Waals surface area contributed by atoms with E-state index in [1.165, 1.54) is 6.42 Å². The number of piperidine rings is 1. The van der Waals surface area contributed by atoms with Crippen LogP contribution in [0.5, 0.6) is 5.75 Å². The average Bonchev–Trinajstić information content (AvgIpc) is 2.68. The molecule has 1 saturated heterocycles. The third-order valence-corrected chi connectivity index (χ3v) is 4.69. The van der Waals surface area contributed by atoms with Gasteiger partial charge in [-0.05, 0) is 55.2 Å². The summed E-state index contributed by atoms with van der Waals surface area (Å²) in [6.45, 7) is 3.78. The SMILES string of the molecule is COc1ccccc1NC(=O)c1ccc(C(=O)N2CCCC(C)C2)cc1. The Hall–Kier alpha value is -2.82. The van der Waals surface area contributed by atoms with E-state index in [1.54, 1.807) is 43.5 Å². The van der Waals surface area contributed by atoms with Crippen LogP contribution in [0, 0.1) is 5.92 Å². The zero-order valence-corrected chi connectivity index (χ0v) is 15.2. The molecular weight excluding hydrogens is 328 g/mol. The Morgan fingerprint density at radius 2 is 1.77 bits per heavy atom. The third-order valence-electron chi connectivity index (χ3n) is 4.69. The van der Waals surface area contributed by atoms with Crippen molar-refractivity contribution in [2.75, 3.05) is 25.5 Å². The number of nitrogens with one attached hydrogen (secondary N) is 1. The quantitative estimate of drug-likeness (QED) is 0.910. The van der Waals surface area contributed by atoms with Gasteiger partial charge in [0.15, 0.2) is 0 Å². The number of para-hydroxylation sites is 2. The second kappa shape index (κ2) is 8.04. The van der Waals surface area contributed by atoms with Crippen LogP contribution in [0.3, 0.4) is 0 Å². The van der Waals surface area contributed by atoms with Gasteiger partial charge in [0.2, 0.25) is 0 Å². The lowest BCUT2D eigenvalue weighted by Crippen LogP contribution is -2.39. The van der Waals surface area contributed by atoms with Crippen LogP contribution in [0.25, 0.3) is 0 Å². The first-order chi connectivity index (χ1) is 12.6. The summed E-state index contributed by atoms with van der Waals surface area (Å²) in [6.07, 6.45) is 2.22. The number of anilines is 1. The number of carbonyl (C=O) groups excluding carboxylic acids is 2. The van der Waals surface area contributed by atoms with Crippen LogP contribution in [0.15, 0.2) is 48.5 Å². The summed E-state index contributed by atoms with van der Waals surface area (Å²) in [5, 5.41) is 2.84. The fourth-order valence-electron chi connectivity index (χ4n) is 3.26. The Bertz CT molecular complexity index is 786. The summed E-state index contributed by atoms with van der Waals surface area (Å²) in [5.74, 6) is 0.943. The van der Waals surface area contributed by atoms with Gasteiger partial charge >= 0.3 is 0 Å². The fraction of sp³-hybridized carbons (Fsp3) is 0.333. The predicted octanol–water partition coefficient (Wildman–Crippen LogP) is 3.82. The van der Waals surface area contributed by atoms with Gasteiger partial charge < -0.3 is 15.0 Å². The van der Waals surface area contributed by atoms with Crippen LogP contribution in [-0.4, -0.2) is 36.9 Å². The molecule has 1 fully saturated rings.